The van der Waals surface area contributed by atoms with Crippen LogP contribution in [0.1, 0.15) is 16.1 Å². The fourth-order valence-electron chi connectivity index (χ4n) is 2.17. The van der Waals surface area contributed by atoms with E-state index in [4.69, 9.17) is 4.42 Å². The minimum Gasteiger partial charge on any atom is -0.459 e. The summed E-state index contributed by atoms with van der Waals surface area (Å²) in [4.78, 5) is 14.7. The number of aromatic nitrogens is 1. The van der Waals surface area contributed by atoms with Crippen LogP contribution in [-0.2, 0) is 6.42 Å². The molecular weight excluding hydrogens is 259 g/mol. The van der Waals surface area contributed by atoms with Crippen molar-refractivity contribution < 1.29 is 13.6 Å². The van der Waals surface area contributed by atoms with E-state index in [2.05, 4.69) is 10.3 Å². The summed E-state index contributed by atoms with van der Waals surface area (Å²) in [6, 6.07) is 7.92. The van der Waals surface area contributed by atoms with Crippen LogP contribution in [0.2, 0.25) is 0 Å². The minimum absolute atomic E-state index is 0.235. The molecule has 4 nitrogen and oxygen atoms in total. The van der Waals surface area contributed by atoms with Crippen molar-refractivity contribution in [2.24, 2.45) is 0 Å². The zero-order chi connectivity index (χ0) is 13.9. The molecule has 0 aliphatic carbocycles. The van der Waals surface area contributed by atoms with E-state index in [0.29, 0.717) is 18.7 Å². The number of carbonyl (C=O) groups excluding carboxylic acids is 1. The van der Waals surface area contributed by atoms with Gasteiger partial charge >= 0.3 is 0 Å². The second-order valence-corrected chi connectivity index (χ2v) is 4.49. The number of carbonyl (C=O) groups is 1. The van der Waals surface area contributed by atoms with Gasteiger partial charge in [0.15, 0.2) is 5.76 Å². The Kier molecular flexibility index (Phi) is 3.25. The van der Waals surface area contributed by atoms with Crippen LogP contribution >= 0.6 is 0 Å². The van der Waals surface area contributed by atoms with Gasteiger partial charge in [-0.1, -0.05) is 0 Å². The van der Waals surface area contributed by atoms with Gasteiger partial charge in [-0.15, -0.1) is 0 Å². The van der Waals surface area contributed by atoms with Gasteiger partial charge < -0.3 is 14.7 Å². The van der Waals surface area contributed by atoms with Crippen molar-refractivity contribution >= 4 is 16.8 Å². The van der Waals surface area contributed by atoms with Crippen LogP contribution in [0.3, 0.4) is 0 Å². The third kappa shape index (κ3) is 2.42. The molecule has 0 fully saturated rings. The van der Waals surface area contributed by atoms with E-state index in [1.807, 2.05) is 6.20 Å². The second-order valence-electron chi connectivity index (χ2n) is 4.49. The van der Waals surface area contributed by atoms with E-state index in [1.165, 1.54) is 18.4 Å². The van der Waals surface area contributed by atoms with Crippen LogP contribution < -0.4 is 5.32 Å². The van der Waals surface area contributed by atoms with E-state index < -0.39 is 0 Å². The first-order valence-electron chi connectivity index (χ1n) is 6.31. The number of H-pyrrole nitrogens is 1. The molecule has 2 N–H and O–H groups in total. The van der Waals surface area contributed by atoms with Gasteiger partial charge in [-0.05, 0) is 42.3 Å². The predicted molar refractivity (Wildman–Crippen MR) is 73.0 cm³/mol. The topological polar surface area (TPSA) is 58.0 Å². The Morgan fingerprint density at radius 2 is 2.25 bits per heavy atom. The number of nitrogens with one attached hydrogen (secondary N) is 2. The molecule has 0 radical (unpaired) electrons. The largest absolute Gasteiger partial charge is 0.459 e. The third-order valence-corrected chi connectivity index (χ3v) is 3.15. The molecule has 1 aromatic carbocycles. The summed E-state index contributed by atoms with van der Waals surface area (Å²) in [6.07, 6.45) is 3.96. The van der Waals surface area contributed by atoms with E-state index in [-0.39, 0.29) is 11.7 Å². The fraction of sp³-hybridized carbons (Fsp3) is 0.133. The summed E-state index contributed by atoms with van der Waals surface area (Å²) in [5, 5.41) is 3.75. The molecule has 0 aliphatic rings. The number of aromatic amines is 1. The number of amides is 1. The first-order valence-corrected chi connectivity index (χ1v) is 6.31. The number of rotatable bonds is 4. The SMILES string of the molecule is O=C(NCCc1c[nH]c2cc(F)ccc12)c1ccco1. The minimum atomic E-state index is -0.267. The first-order chi connectivity index (χ1) is 9.74. The van der Waals surface area contributed by atoms with Gasteiger partial charge in [0.1, 0.15) is 5.82 Å². The molecule has 0 saturated carbocycles. The van der Waals surface area contributed by atoms with Crippen molar-refractivity contribution in [3.05, 3.63) is 59.9 Å². The lowest BCUT2D eigenvalue weighted by Crippen LogP contribution is -2.25. The molecule has 0 spiro atoms. The summed E-state index contributed by atoms with van der Waals surface area (Å²) in [6.45, 7) is 0.490. The summed E-state index contributed by atoms with van der Waals surface area (Å²) in [5.41, 5.74) is 1.80. The molecule has 3 rings (SSSR count). The molecule has 0 atom stereocenters. The normalized spacial score (nSPS) is 10.8. The molecule has 2 aromatic heterocycles. The predicted octanol–water partition coefficient (Wildman–Crippen LogP) is 2.87. The van der Waals surface area contributed by atoms with Crippen molar-refractivity contribution in [2.75, 3.05) is 6.54 Å². The van der Waals surface area contributed by atoms with Crippen LogP contribution in [-0.4, -0.2) is 17.4 Å². The van der Waals surface area contributed by atoms with E-state index in [9.17, 15) is 9.18 Å². The Hall–Kier alpha value is -2.56. The molecule has 3 aromatic rings. The highest BCUT2D eigenvalue weighted by Gasteiger charge is 2.08. The highest BCUT2D eigenvalue weighted by Crippen LogP contribution is 2.19. The molecular formula is C15H13FN2O2. The number of fused-ring (bicyclic) bond motifs is 1. The summed E-state index contributed by atoms with van der Waals surface area (Å²) in [7, 11) is 0. The number of hydrogen-bond donors (Lipinski definition) is 2. The summed E-state index contributed by atoms with van der Waals surface area (Å²) in [5.74, 6) is -0.205. The molecule has 20 heavy (non-hydrogen) atoms. The van der Waals surface area contributed by atoms with Crippen LogP contribution in [0.25, 0.3) is 10.9 Å². The molecule has 102 valence electrons. The quantitative estimate of drug-likeness (QED) is 0.767. The lowest BCUT2D eigenvalue weighted by Gasteiger charge is -2.02. The monoisotopic (exact) mass is 272 g/mol. The van der Waals surface area contributed by atoms with Gasteiger partial charge in [0, 0.05) is 23.6 Å². The van der Waals surface area contributed by atoms with Crippen molar-refractivity contribution in [1.29, 1.82) is 0 Å². The Bertz CT molecular complexity index is 732. The molecule has 0 unspecified atom stereocenters. The zero-order valence-corrected chi connectivity index (χ0v) is 10.7. The highest BCUT2D eigenvalue weighted by molar-refractivity contribution is 5.91. The molecule has 2 heterocycles. The number of benzene rings is 1. The van der Waals surface area contributed by atoms with Crippen LogP contribution in [0.15, 0.2) is 47.2 Å². The van der Waals surface area contributed by atoms with Crippen molar-refractivity contribution in [3.8, 4) is 0 Å². The summed E-state index contributed by atoms with van der Waals surface area (Å²) >= 11 is 0. The fourth-order valence-corrected chi connectivity index (χ4v) is 2.17. The van der Waals surface area contributed by atoms with Gasteiger partial charge in [0.25, 0.3) is 5.91 Å². The molecule has 0 aliphatic heterocycles. The maximum atomic E-state index is 13.1. The number of furan rings is 1. The molecule has 5 heteroatoms. The third-order valence-electron chi connectivity index (χ3n) is 3.15. The number of halogens is 1. The first kappa shape index (κ1) is 12.5. The number of hydrogen-bond acceptors (Lipinski definition) is 2. The Balaban J connectivity index is 1.64. The van der Waals surface area contributed by atoms with Gasteiger partial charge in [-0.25, -0.2) is 4.39 Å². The smallest absolute Gasteiger partial charge is 0.286 e. The second kappa shape index (κ2) is 5.21. The Morgan fingerprint density at radius 1 is 1.35 bits per heavy atom. The average molecular weight is 272 g/mol. The van der Waals surface area contributed by atoms with Crippen molar-refractivity contribution in [3.63, 3.8) is 0 Å². The maximum absolute atomic E-state index is 13.1. The molecule has 0 saturated heterocycles. The highest BCUT2D eigenvalue weighted by atomic mass is 19.1. The average Bonchev–Trinajstić information content (AvgIpc) is 3.08. The van der Waals surface area contributed by atoms with Gasteiger partial charge in [0.05, 0.1) is 6.26 Å². The van der Waals surface area contributed by atoms with Crippen LogP contribution in [0, 0.1) is 5.82 Å². The van der Waals surface area contributed by atoms with Crippen molar-refractivity contribution in [1.82, 2.24) is 10.3 Å². The molecule has 1 amide bonds. The van der Waals surface area contributed by atoms with Crippen molar-refractivity contribution in [2.45, 2.75) is 6.42 Å². The summed E-state index contributed by atoms with van der Waals surface area (Å²) < 4.78 is 18.1. The van der Waals surface area contributed by atoms with Gasteiger partial charge in [-0.3, -0.25) is 4.79 Å². The molecule has 0 bridgehead atoms. The standard InChI is InChI=1S/C15H13FN2O2/c16-11-3-4-12-10(9-18-13(12)8-11)5-6-17-15(19)14-2-1-7-20-14/h1-4,7-9,18H,5-6H2,(H,17,19). The Morgan fingerprint density at radius 3 is 3.05 bits per heavy atom. The van der Waals surface area contributed by atoms with E-state index >= 15 is 0 Å². The van der Waals surface area contributed by atoms with Crippen LogP contribution in [0.4, 0.5) is 4.39 Å². The van der Waals surface area contributed by atoms with Gasteiger partial charge in [0.2, 0.25) is 0 Å². The maximum Gasteiger partial charge on any atom is 0.286 e. The lowest BCUT2D eigenvalue weighted by atomic mass is 10.1. The van der Waals surface area contributed by atoms with Crippen LogP contribution in [0.5, 0.6) is 0 Å². The lowest BCUT2D eigenvalue weighted by molar-refractivity contribution is 0.0926. The van der Waals surface area contributed by atoms with E-state index in [0.717, 1.165) is 16.5 Å². The van der Waals surface area contributed by atoms with Gasteiger partial charge in [-0.2, -0.15) is 0 Å². The zero-order valence-electron chi connectivity index (χ0n) is 10.7. The Labute approximate surface area is 114 Å². The van der Waals surface area contributed by atoms with E-state index in [1.54, 1.807) is 18.2 Å².